The van der Waals surface area contributed by atoms with Crippen molar-refractivity contribution in [3.8, 4) is 0 Å². The fourth-order valence-corrected chi connectivity index (χ4v) is 3.22. The number of nitrogens with one attached hydrogen (secondary N) is 2. The minimum absolute atomic E-state index is 0.396. The van der Waals surface area contributed by atoms with Crippen LogP contribution in [0.15, 0.2) is 18.3 Å². The predicted molar refractivity (Wildman–Crippen MR) is 80.0 cm³/mol. The summed E-state index contributed by atoms with van der Waals surface area (Å²) < 4.78 is 0. The van der Waals surface area contributed by atoms with E-state index in [1.54, 1.807) is 6.20 Å². The number of fused-ring (bicyclic) bond motifs is 1. The zero-order valence-electron chi connectivity index (χ0n) is 12.0. The van der Waals surface area contributed by atoms with Gasteiger partial charge in [0, 0.05) is 11.9 Å². The number of hydrogen-bond donors (Lipinski definition) is 3. The lowest BCUT2D eigenvalue weighted by molar-refractivity contribution is 0.457. The fourth-order valence-electron chi connectivity index (χ4n) is 3.22. The van der Waals surface area contributed by atoms with Crippen molar-refractivity contribution in [3.05, 3.63) is 18.3 Å². The smallest absolute Gasteiger partial charge is 0.0672 e. The predicted octanol–water partition coefficient (Wildman–Crippen LogP) is 3.24. The van der Waals surface area contributed by atoms with E-state index >= 15 is 0 Å². The molecule has 0 atom stereocenters. The standard InChI is InChI=1S/C15H22N4/c1-14(2)13(15(14,3)4)8-17-12-6-11-9(5-10(12)16)7-18-19-11/h5-7,13,17H,8,16H2,1-4H3,(H,18,19). The van der Waals surface area contributed by atoms with Gasteiger partial charge in [-0.2, -0.15) is 5.10 Å². The summed E-state index contributed by atoms with van der Waals surface area (Å²) in [6.07, 6.45) is 1.79. The molecule has 1 fully saturated rings. The van der Waals surface area contributed by atoms with E-state index in [9.17, 15) is 0 Å². The summed E-state index contributed by atoms with van der Waals surface area (Å²) in [7, 11) is 0. The van der Waals surface area contributed by atoms with E-state index in [1.807, 2.05) is 12.1 Å². The third-order valence-electron chi connectivity index (χ3n) is 5.43. The van der Waals surface area contributed by atoms with Crippen molar-refractivity contribution < 1.29 is 0 Å². The number of nitrogens with zero attached hydrogens (tertiary/aromatic N) is 1. The van der Waals surface area contributed by atoms with Crippen LogP contribution in [0.5, 0.6) is 0 Å². The second-order valence-electron chi connectivity index (χ2n) is 6.77. The van der Waals surface area contributed by atoms with Crippen LogP contribution in [-0.2, 0) is 0 Å². The van der Waals surface area contributed by atoms with Crippen molar-refractivity contribution in [1.29, 1.82) is 0 Å². The Kier molecular flexibility index (Phi) is 2.37. The van der Waals surface area contributed by atoms with Crippen LogP contribution in [0.1, 0.15) is 27.7 Å². The molecule has 1 aliphatic carbocycles. The van der Waals surface area contributed by atoms with Crippen LogP contribution in [0, 0.1) is 16.7 Å². The molecule has 0 bridgehead atoms. The molecule has 0 spiro atoms. The first-order valence-electron chi connectivity index (χ1n) is 6.80. The van der Waals surface area contributed by atoms with Crippen LogP contribution in [0.25, 0.3) is 10.9 Å². The molecule has 0 amide bonds. The molecule has 1 saturated carbocycles. The maximum absolute atomic E-state index is 6.08. The van der Waals surface area contributed by atoms with Crippen LogP contribution in [0.4, 0.5) is 11.4 Å². The molecule has 4 heteroatoms. The maximum Gasteiger partial charge on any atom is 0.0672 e. The monoisotopic (exact) mass is 258 g/mol. The quantitative estimate of drug-likeness (QED) is 0.740. The topological polar surface area (TPSA) is 66.7 Å². The van der Waals surface area contributed by atoms with Gasteiger partial charge in [0.05, 0.1) is 23.1 Å². The summed E-state index contributed by atoms with van der Waals surface area (Å²) >= 11 is 0. The van der Waals surface area contributed by atoms with Crippen LogP contribution in [0.2, 0.25) is 0 Å². The molecule has 2 aromatic rings. The van der Waals surface area contributed by atoms with Gasteiger partial charge >= 0.3 is 0 Å². The van der Waals surface area contributed by atoms with Gasteiger partial charge in [0.25, 0.3) is 0 Å². The summed E-state index contributed by atoms with van der Waals surface area (Å²) in [4.78, 5) is 0. The lowest BCUT2D eigenvalue weighted by Gasteiger charge is -2.10. The van der Waals surface area contributed by atoms with E-state index in [2.05, 4.69) is 43.2 Å². The Hall–Kier alpha value is -1.71. The van der Waals surface area contributed by atoms with E-state index in [4.69, 9.17) is 5.73 Å². The highest BCUT2D eigenvalue weighted by atomic mass is 15.1. The first-order chi connectivity index (χ1) is 8.84. The first-order valence-corrected chi connectivity index (χ1v) is 6.80. The van der Waals surface area contributed by atoms with Gasteiger partial charge in [0.15, 0.2) is 0 Å². The summed E-state index contributed by atoms with van der Waals surface area (Å²) in [6, 6.07) is 4.00. The Morgan fingerprint density at radius 2 is 1.95 bits per heavy atom. The molecular weight excluding hydrogens is 236 g/mol. The summed E-state index contributed by atoms with van der Waals surface area (Å²) in [5, 5.41) is 11.6. The molecule has 1 aromatic carbocycles. The molecular formula is C15H22N4. The second kappa shape index (κ2) is 3.65. The highest BCUT2D eigenvalue weighted by molar-refractivity contribution is 5.88. The van der Waals surface area contributed by atoms with Crippen molar-refractivity contribution in [2.24, 2.45) is 16.7 Å². The molecule has 19 heavy (non-hydrogen) atoms. The third kappa shape index (κ3) is 1.70. The molecule has 0 unspecified atom stereocenters. The molecule has 1 aliphatic rings. The molecule has 102 valence electrons. The number of anilines is 2. The van der Waals surface area contributed by atoms with E-state index < -0.39 is 0 Å². The van der Waals surface area contributed by atoms with Crippen LogP contribution < -0.4 is 11.1 Å². The molecule has 4 N–H and O–H groups in total. The molecule has 0 aliphatic heterocycles. The highest BCUT2D eigenvalue weighted by Gasteiger charge is 2.64. The van der Waals surface area contributed by atoms with Crippen molar-refractivity contribution in [1.82, 2.24) is 10.2 Å². The number of aromatic nitrogens is 2. The minimum atomic E-state index is 0.396. The van der Waals surface area contributed by atoms with Crippen molar-refractivity contribution in [2.75, 3.05) is 17.6 Å². The van der Waals surface area contributed by atoms with Gasteiger partial charge in [-0.25, -0.2) is 0 Å². The maximum atomic E-state index is 6.08. The zero-order chi connectivity index (χ0) is 13.8. The number of H-pyrrole nitrogens is 1. The van der Waals surface area contributed by atoms with Crippen LogP contribution in [-0.4, -0.2) is 16.7 Å². The number of nitrogens with two attached hydrogens (primary N) is 1. The van der Waals surface area contributed by atoms with Gasteiger partial charge in [-0.1, -0.05) is 27.7 Å². The minimum Gasteiger partial charge on any atom is -0.397 e. The van der Waals surface area contributed by atoms with E-state index in [0.29, 0.717) is 16.7 Å². The van der Waals surface area contributed by atoms with Gasteiger partial charge in [0.2, 0.25) is 0 Å². The number of aromatic amines is 1. The molecule has 1 aromatic heterocycles. The lowest BCUT2D eigenvalue weighted by Crippen LogP contribution is -2.09. The molecule has 4 nitrogen and oxygen atoms in total. The Morgan fingerprint density at radius 3 is 2.58 bits per heavy atom. The largest absolute Gasteiger partial charge is 0.397 e. The van der Waals surface area contributed by atoms with E-state index in [-0.39, 0.29) is 0 Å². The van der Waals surface area contributed by atoms with Crippen molar-refractivity contribution >= 4 is 22.3 Å². The highest BCUT2D eigenvalue weighted by Crippen LogP contribution is 2.68. The average Bonchev–Trinajstić information content (AvgIpc) is 2.69. The fraction of sp³-hybridized carbons (Fsp3) is 0.533. The van der Waals surface area contributed by atoms with Gasteiger partial charge < -0.3 is 11.1 Å². The van der Waals surface area contributed by atoms with Crippen molar-refractivity contribution in [2.45, 2.75) is 27.7 Å². The first kappa shape index (κ1) is 12.3. The average molecular weight is 258 g/mol. The molecule has 0 saturated heterocycles. The summed E-state index contributed by atoms with van der Waals surface area (Å²) in [5.74, 6) is 0.678. The normalized spacial score (nSPS) is 20.6. The van der Waals surface area contributed by atoms with Gasteiger partial charge in [-0.05, 0) is 28.9 Å². The number of hydrogen-bond acceptors (Lipinski definition) is 3. The lowest BCUT2D eigenvalue weighted by atomic mass is 10.0. The van der Waals surface area contributed by atoms with Gasteiger partial charge in [0.1, 0.15) is 0 Å². The van der Waals surface area contributed by atoms with Crippen LogP contribution >= 0.6 is 0 Å². The Labute approximate surface area is 113 Å². The zero-order valence-corrected chi connectivity index (χ0v) is 12.0. The second-order valence-corrected chi connectivity index (χ2v) is 6.77. The van der Waals surface area contributed by atoms with E-state index in [1.165, 1.54) is 0 Å². The van der Waals surface area contributed by atoms with Crippen LogP contribution in [0.3, 0.4) is 0 Å². The molecule has 0 radical (unpaired) electrons. The number of rotatable bonds is 3. The summed E-state index contributed by atoms with van der Waals surface area (Å²) in [6.45, 7) is 10.3. The number of nitrogen functional groups attached to an aromatic ring is 1. The van der Waals surface area contributed by atoms with Crippen molar-refractivity contribution in [3.63, 3.8) is 0 Å². The number of benzene rings is 1. The van der Waals surface area contributed by atoms with Gasteiger partial charge in [-0.3, -0.25) is 5.10 Å². The third-order valence-corrected chi connectivity index (χ3v) is 5.43. The summed E-state index contributed by atoms with van der Waals surface area (Å²) in [5.41, 5.74) is 9.67. The van der Waals surface area contributed by atoms with Gasteiger partial charge in [-0.15, -0.1) is 0 Å². The molecule has 1 heterocycles. The Morgan fingerprint density at radius 1 is 1.26 bits per heavy atom. The Bertz CT molecular complexity index is 610. The molecule has 3 rings (SSSR count). The van der Waals surface area contributed by atoms with E-state index in [0.717, 1.165) is 28.8 Å². The SMILES string of the molecule is CC1(C)C(CNc2cc3[nH]ncc3cc2N)C1(C)C. The Balaban J connectivity index is 1.78.